The molecule has 25 heavy (non-hydrogen) atoms. The predicted octanol–water partition coefficient (Wildman–Crippen LogP) is 4.63. The van der Waals surface area contributed by atoms with Crippen LogP contribution in [0.3, 0.4) is 0 Å². The van der Waals surface area contributed by atoms with E-state index in [1.165, 1.54) is 0 Å². The first kappa shape index (κ1) is 16.8. The maximum absolute atomic E-state index is 13.0. The molecule has 3 nitrogen and oxygen atoms in total. The summed E-state index contributed by atoms with van der Waals surface area (Å²) in [5, 5.41) is 0. The normalized spacial score (nSPS) is 10.3. The second kappa shape index (κ2) is 7.67. The predicted molar refractivity (Wildman–Crippen MR) is 101 cm³/mol. The number of ether oxygens (including phenoxy) is 1. The van der Waals surface area contributed by atoms with E-state index in [2.05, 4.69) is 0 Å². The van der Waals surface area contributed by atoms with Crippen molar-refractivity contribution in [3.05, 3.63) is 90.0 Å². The van der Waals surface area contributed by atoms with Gasteiger partial charge in [0.05, 0.1) is 7.11 Å². The van der Waals surface area contributed by atoms with Crippen LogP contribution >= 0.6 is 0 Å². The van der Waals surface area contributed by atoms with Gasteiger partial charge in [0.2, 0.25) is 0 Å². The van der Waals surface area contributed by atoms with Crippen LogP contribution in [0.2, 0.25) is 0 Å². The summed E-state index contributed by atoms with van der Waals surface area (Å²) < 4.78 is 5.18. The van der Waals surface area contributed by atoms with Gasteiger partial charge in [0.1, 0.15) is 5.75 Å². The summed E-state index contributed by atoms with van der Waals surface area (Å²) in [5.74, 6) is 0.822. The van der Waals surface area contributed by atoms with E-state index >= 15 is 0 Å². The number of benzene rings is 3. The summed E-state index contributed by atoms with van der Waals surface area (Å²) in [5.41, 5.74) is 3.78. The Bertz CT molecular complexity index is 841. The Morgan fingerprint density at radius 1 is 0.880 bits per heavy atom. The van der Waals surface area contributed by atoms with Gasteiger partial charge in [0.25, 0.3) is 5.91 Å². The maximum Gasteiger partial charge on any atom is 0.254 e. The molecule has 0 saturated heterocycles. The quantitative estimate of drug-likeness (QED) is 0.682. The first-order valence-electron chi connectivity index (χ1n) is 8.22. The monoisotopic (exact) mass is 331 g/mol. The van der Waals surface area contributed by atoms with Gasteiger partial charge < -0.3 is 9.64 Å². The molecule has 3 aromatic carbocycles. The molecule has 3 heteroatoms. The van der Waals surface area contributed by atoms with E-state index in [9.17, 15) is 4.79 Å². The van der Waals surface area contributed by atoms with Crippen LogP contribution in [0.25, 0.3) is 11.1 Å². The average molecular weight is 331 g/mol. The van der Waals surface area contributed by atoms with Gasteiger partial charge in [-0.15, -0.1) is 0 Å². The minimum Gasteiger partial charge on any atom is -0.497 e. The number of rotatable bonds is 5. The van der Waals surface area contributed by atoms with E-state index in [0.717, 1.165) is 22.4 Å². The van der Waals surface area contributed by atoms with Crippen molar-refractivity contribution in [3.63, 3.8) is 0 Å². The van der Waals surface area contributed by atoms with Gasteiger partial charge in [0, 0.05) is 19.2 Å². The Hall–Kier alpha value is -3.07. The van der Waals surface area contributed by atoms with Crippen LogP contribution in [0.1, 0.15) is 15.9 Å². The highest BCUT2D eigenvalue weighted by Crippen LogP contribution is 2.25. The molecule has 0 aliphatic rings. The average Bonchev–Trinajstić information content (AvgIpc) is 2.68. The van der Waals surface area contributed by atoms with Crippen molar-refractivity contribution < 1.29 is 9.53 Å². The standard InChI is InChI=1S/C22H21NO2/c1-23(16-17-12-14-19(25-2)15-13-17)22(24)21-11-7-6-10-20(21)18-8-4-3-5-9-18/h3-15H,16H2,1-2H3. The number of hydrogen-bond donors (Lipinski definition) is 0. The molecular formula is C22H21NO2. The number of amides is 1. The molecule has 126 valence electrons. The second-order valence-electron chi connectivity index (χ2n) is 5.92. The third-order valence-electron chi connectivity index (χ3n) is 4.17. The molecule has 0 radical (unpaired) electrons. The van der Waals surface area contributed by atoms with Crippen molar-refractivity contribution in [1.82, 2.24) is 4.90 Å². The van der Waals surface area contributed by atoms with E-state index in [4.69, 9.17) is 4.74 Å². The molecule has 3 rings (SSSR count). The van der Waals surface area contributed by atoms with E-state index in [1.54, 1.807) is 12.0 Å². The third kappa shape index (κ3) is 3.89. The van der Waals surface area contributed by atoms with E-state index in [0.29, 0.717) is 12.1 Å². The lowest BCUT2D eigenvalue weighted by Crippen LogP contribution is -2.26. The molecule has 0 aromatic heterocycles. The highest BCUT2D eigenvalue weighted by molar-refractivity contribution is 6.00. The lowest BCUT2D eigenvalue weighted by atomic mass is 9.99. The fourth-order valence-corrected chi connectivity index (χ4v) is 2.82. The number of methoxy groups -OCH3 is 1. The van der Waals surface area contributed by atoms with Crippen LogP contribution in [0, 0.1) is 0 Å². The van der Waals surface area contributed by atoms with Gasteiger partial charge in [-0.25, -0.2) is 0 Å². The smallest absolute Gasteiger partial charge is 0.254 e. The second-order valence-corrected chi connectivity index (χ2v) is 5.92. The van der Waals surface area contributed by atoms with Crippen LogP contribution in [0.5, 0.6) is 5.75 Å². The Kier molecular flexibility index (Phi) is 5.14. The minimum atomic E-state index is 0.00951. The zero-order chi connectivity index (χ0) is 17.6. The summed E-state index contributed by atoms with van der Waals surface area (Å²) in [4.78, 5) is 14.7. The highest BCUT2D eigenvalue weighted by Gasteiger charge is 2.16. The van der Waals surface area contributed by atoms with E-state index in [-0.39, 0.29) is 5.91 Å². The number of carbonyl (C=O) groups excluding carboxylic acids is 1. The van der Waals surface area contributed by atoms with Crippen molar-refractivity contribution in [2.75, 3.05) is 14.2 Å². The van der Waals surface area contributed by atoms with E-state index in [1.807, 2.05) is 85.9 Å². The summed E-state index contributed by atoms with van der Waals surface area (Å²) in [6.07, 6.45) is 0. The Morgan fingerprint density at radius 3 is 2.20 bits per heavy atom. The van der Waals surface area contributed by atoms with Gasteiger partial charge in [0.15, 0.2) is 0 Å². The van der Waals surface area contributed by atoms with Crippen molar-refractivity contribution in [3.8, 4) is 16.9 Å². The van der Waals surface area contributed by atoms with Crippen LogP contribution in [0.15, 0.2) is 78.9 Å². The third-order valence-corrected chi connectivity index (χ3v) is 4.17. The summed E-state index contributed by atoms with van der Waals surface area (Å²) in [6, 6.07) is 25.5. The molecule has 0 N–H and O–H groups in total. The van der Waals surface area contributed by atoms with Crippen molar-refractivity contribution in [1.29, 1.82) is 0 Å². The Balaban J connectivity index is 1.83. The van der Waals surface area contributed by atoms with Gasteiger partial charge in [-0.05, 0) is 34.9 Å². The fraction of sp³-hybridized carbons (Fsp3) is 0.136. The van der Waals surface area contributed by atoms with E-state index < -0.39 is 0 Å². The molecule has 3 aromatic rings. The van der Waals surface area contributed by atoms with Gasteiger partial charge in [-0.1, -0.05) is 60.7 Å². The Labute approximate surface area is 148 Å². The van der Waals surface area contributed by atoms with Crippen LogP contribution < -0.4 is 4.74 Å². The lowest BCUT2D eigenvalue weighted by molar-refractivity contribution is 0.0786. The zero-order valence-electron chi connectivity index (χ0n) is 14.5. The molecule has 0 bridgehead atoms. The Morgan fingerprint density at radius 2 is 1.52 bits per heavy atom. The molecule has 0 saturated carbocycles. The van der Waals surface area contributed by atoms with Crippen molar-refractivity contribution in [2.45, 2.75) is 6.54 Å². The number of hydrogen-bond acceptors (Lipinski definition) is 2. The van der Waals surface area contributed by atoms with Crippen LogP contribution in [0.4, 0.5) is 0 Å². The number of nitrogens with zero attached hydrogens (tertiary/aromatic N) is 1. The first-order chi connectivity index (χ1) is 12.2. The van der Waals surface area contributed by atoms with Crippen LogP contribution in [-0.2, 0) is 6.54 Å². The van der Waals surface area contributed by atoms with Crippen LogP contribution in [-0.4, -0.2) is 25.0 Å². The summed E-state index contributed by atoms with van der Waals surface area (Å²) >= 11 is 0. The first-order valence-corrected chi connectivity index (χ1v) is 8.22. The van der Waals surface area contributed by atoms with Gasteiger partial charge in [-0.2, -0.15) is 0 Å². The largest absolute Gasteiger partial charge is 0.497 e. The topological polar surface area (TPSA) is 29.5 Å². The highest BCUT2D eigenvalue weighted by atomic mass is 16.5. The van der Waals surface area contributed by atoms with Gasteiger partial charge >= 0.3 is 0 Å². The maximum atomic E-state index is 13.0. The van der Waals surface area contributed by atoms with Crippen molar-refractivity contribution >= 4 is 5.91 Å². The zero-order valence-corrected chi connectivity index (χ0v) is 14.5. The SMILES string of the molecule is COc1ccc(CN(C)C(=O)c2ccccc2-c2ccccc2)cc1. The molecule has 0 fully saturated rings. The summed E-state index contributed by atoms with van der Waals surface area (Å²) in [7, 11) is 3.47. The molecule has 0 atom stereocenters. The fourth-order valence-electron chi connectivity index (χ4n) is 2.82. The number of carbonyl (C=O) groups is 1. The molecule has 0 unspecified atom stereocenters. The lowest BCUT2D eigenvalue weighted by Gasteiger charge is -2.19. The minimum absolute atomic E-state index is 0.00951. The molecule has 0 spiro atoms. The molecule has 0 aliphatic carbocycles. The molecular weight excluding hydrogens is 310 g/mol. The molecule has 0 heterocycles. The molecule has 0 aliphatic heterocycles. The summed E-state index contributed by atoms with van der Waals surface area (Å²) in [6.45, 7) is 0.548. The molecule has 1 amide bonds. The van der Waals surface area contributed by atoms with Gasteiger partial charge in [-0.3, -0.25) is 4.79 Å². The van der Waals surface area contributed by atoms with Crippen molar-refractivity contribution in [2.24, 2.45) is 0 Å².